The minimum Gasteiger partial charge on any atom is -0.447 e. The molecule has 1 aliphatic heterocycles. The fourth-order valence-electron chi connectivity index (χ4n) is 3.08. The summed E-state index contributed by atoms with van der Waals surface area (Å²) in [6, 6.07) is 9.00. The van der Waals surface area contributed by atoms with Crippen LogP contribution in [0, 0.1) is 10.1 Å². The summed E-state index contributed by atoms with van der Waals surface area (Å²) < 4.78 is 5.04. The van der Waals surface area contributed by atoms with Crippen LogP contribution in [0.5, 0.6) is 0 Å². The minimum atomic E-state index is -0.771. The summed E-state index contributed by atoms with van der Waals surface area (Å²) in [7, 11) is 0. The Labute approximate surface area is 155 Å². The second kappa shape index (κ2) is 8.35. The van der Waals surface area contributed by atoms with Crippen molar-refractivity contribution in [2.75, 3.05) is 13.2 Å². The number of benzene rings is 1. The van der Waals surface area contributed by atoms with Gasteiger partial charge in [-0.05, 0) is 12.0 Å². The zero-order valence-electron chi connectivity index (χ0n) is 14.4. The number of ether oxygens (including phenoxy) is 1. The largest absolute Gasteiger partial charge is 0.447 e. The average Bonchev–Trinajstić information content (AvgIpc) is 3.02. The quantitative estimate of drug-likeness (QED) is 0.539. The first-order valence-corrected chi connectivity index (χ1v) is 8.45. The molecule has 2 atom stereocenters. The van der Waals surface area contributed by atoms with E-state index in [0.29, 0.717) is 12.1 Å². The number of imide groups is 1. The summed E-state index contributed by atoms with van der Waals surface area (Å²) in [4.78, 5) is 44.4. The number of rotatable bonds is 7. The third kappa shape index (κ3) is 4.63. The van der Waals surface area contributed by atoms with Crippen molar-refractivity contribution in [3.05, 3.63) is 70.3 Å². The maximum Gasteiger partial charge on any atom is 0.416 e. The van der Waals surface area contributed by atoms with E-state index in [0.717, 1.165) is 10.5 Å². The molecule has 0 saturated carbocycles. The maximum atomic E-state index is 12.8. The molecule has 1 aromatic heterocycles. The highest BCUT2D eigenvalue weighted by Gasteiger charge is 2.39. The first-order chi connectivity index (χ1) is 13.0. The molecule has 9 nitrogen and oxygen atoms in total. The highest BCUT2D eigenvalue weighted by atomic mass is 16.6. The molecular formula is C18H18N4O5. The van der Waals surface area contributed by atoms with Gasteiger partial charge < -0.3 is 4.74 Å². The van der Waals surface area contributed by atoms with E-state index in [9.17, 15) is 19.7 Å². The molecular weight excluding hydrogens is 352 g/mol. The monoisotopic (exact) mass is 370 g/mol. The Morgan fingerprint density at radius 1 is 1.33 bits per heavy atom. The average molecular weight is 370 g/mol. The predicted octanol–water partition coefficient (Wildman–Crippen LogP) is 1.82. The van der Waals surface area contributed by atoms with Gasteiger partial charge in [0.25, 0.3) is 0 Å². The number of hydrogen-bond acceptors (Lipinski definition) is 7. The van der Waals surface area contributed by atoms with Crippen molar-refractivity contribution in [2.24, 2.45) is 0 Å². The second-order valence-electron chi connectivity index (χ2n) is 6.23. The van der Waals surface area contributed by atoms with Gasteiger partial charge in [-0.15, -0.1) is 0 Å². The number of carbonyl (C=O) groups is 2. The number of hydrogen-bond donors (Lipinski definition) is 0. The molecule has 2 aromatic rings. The van der Waals surface area contributed by atoms with Gasteiger partial charge in [-0.1, -0.05) is 30.3 Å². The van der Waals surface area contributed by atoms with Gasteiger partial charge in [-0.2, -0.15) is 0 Å². The highest BCUT2D eigenvalue weighted by molar-refractivity contribution is 5.93. The lowest BCUT2D eigenvalue weighted by atomic mass is 9.99. The zero-order valence-corrected chi connectivity index (χ0v) is 14.4. The molecule has 0 spiro atoms. The minimum absolute atomic E-state index is 0.102. The van der Waals surface area contributed by atoms with Gasteiger partial charge >= 0.3 is 6.09 Å². The lowest BCUT2D eigenvalue weighted by Gasteiger charge is -2.21. The summed E-state index contributed by atoms with van der Waals surface area (Å²) >= 11 is 0. The summed E-state index contributed by atoms with van der Waals surface area (Å²) in [6.07, 6.45) is 3.77. The molecule has 3 rings (SSSR count). The van der Waals surface area contributed by atoms with Crippen molar-refractivity contribution >= 4 is 12.0 Å². The molecule has 9 heteroatoms. The van der Waals surface area contributed by atoms with Crippen molar-refractivity contribution in [3.63, 3.8) is 0 Å². The topological polar surface area (TPSA) is 116 Å². The Balaban J connectivity index is 1.75. The molecule has 0 bridgehead atoms. The molecule has 0 aliphatic carbocycles. The van der Waals surface area contributed by atoms with Gasteiger partial charge in [0, 0.05) is 29.9 Å². The summed E-state index contributed by atoms with van der Waals surface area (Å²) in [5.74, 6) is -1.29. The molecule has 2 amide bonds. The van der Waals surface area contributed by atoms with Crippen LogP contribution >= 0.6 is 0 Å². The van der Waals surface area contributed by atoms with Crippen LogP contribution in [0.2, 0.25) is 0 Å². The van der Waals surface area contributed by atoms with Crippen LogP contribution in [0.25, 0.3) is 0 Å². The lowest BCUT2D eigenvalue weighted by Crippen LogP contribution is -2.41. The van der Waals surface area contributed by atoms with Crippen LogP contribution in [-0.4, -0.2) is 51.0 Å². The van der Waals surface area contributed by atoms with E-state index in [1.165, 1.54) is 18.6 Å². The van der Waals surface area contributed by atoms with E-state index in [4.69, 9.17) is 4.74 Å². The summed E-state index contributed by atoms with van der Waals surface area (Å²) in [5, 5.41) is 11.0. The number of nitro groups is 1. The Morgan fingerprint density at radius 3 is 2.78 bits per heavy atom. The number of carbonyl (C=O) groups excluding carboxylic acids is 2. The number of nitrogens with zero attached hydrogens (tertiary/aromatic N) is 4. The van der Waals surface area contributed by atoms with E-state index in [1.54, 1.807) is 0 Å². The predicted molar refractivity (Wildman–Crippen MR) is 93.4 cm³/mol. The molecule has 1 unspecified atom stereocenters. The first kappa shape index (κ1) is 18.4. The zero-order chi connectivity index (χ0) is 19.2. The Morgan fingerprint density at radius 2 is 2.11 bits per heavy atom. The van der Waals surface area contributed by atoms with E-state index >= 15 is 0 Å². The number of aromatic nitrogens is 2. The molecule has 1 saturated heterocycles. The standard InChI is InChI=1S/C18H18N4O5/c23-17(9-14(11-21(25)26)16-10-19-6-7-20-16)22-15(12-27-18(22)24)8-13-4-2-1-3-5-13/h1-7,10,14-15H,8-9,11-12H2/t14?,15-/m1/s1. The van der Waals surface area contributed by atoms with Crippen molar-refractivity contribution in [3.8, 4) is 0 Å². The van der Waals surface area contributed by atoms with E-state index in [1.807, 2.05) is 30.3 Å². The second-order valence-corrected chi connectivity index (χ2v) is 6.23. The third-order valence-electron chi connectivity index (χ3n) is 4.34. The lowest BCUT2D eigenvalue weighted by molar-refractivity contribution is -0.483. The maximum absolute atomic E-state index is 12.8. The highest BCUT2D eigenvalue weighted by Crippen LogP contribution is 2.23. The number of cyclic esters (lactones) is 1. The first-order valence-electron chi connectivity index (χ1n) is 8.45. The van der Waals surface area contributed by atoms with Crippen LogP contribution in [0.1, 0.15) is 23.6 Å². The van der Waals surface area contributed by atoms with Crippen LogP contribution < -0.4 is 0 Å². The van der Waals surface area contributed by atoms with Crippen molar-refractivity contribution in [2.45, 2.75) is 24.8 Å². The fourth-order valence-corrected chi connectivity index (χ4v) is 3.08. The van der Waals surface area contributed by atoms with Gasteiger partial charge in [-0.3, -0.25) is 24.9 Å². The summed E-state index contributed by atoms with van der Waals surface area (Å²) in [5.41, 5.74) is 1.31. The van der Waals surface area contributed by atoms with E-state index in [-0.39, 0.29) is 13.0 Å². The van der Waals surface area contributed by atoms with E-state index in [2.05, 4.69) is 9.97 Å². The molecule has 1 fully saturated rings. The molecule has 1 aliphatic rings. The van der Waals surface area contributed by atoms with Gasteiger partial charge in [0.15, 0.2) is 0 Å². The molecule has 0 radical (unpaired) electrons. The fraction of sp³-hybridized carbons (Fsp3) is 0.333. The van der Waals surface area contributed by atoms with E-state index < -0.39 is 35.4 Å². The SMILES string of the molecule is O=C(CC(C[N+](=O)[O-])c1cnccn1)N1C(=O)OC[C@H]1Cc1ccccc1. The molecule has 1 aromatic carbocycles. The smallest absolute Gasteiger partial charge is 0.416 e. The van der Waals surface area contributed by atoms with Gasteiger partial charge in [0.05, 0.1) is 17.7 Å². The van der Waals surface area contributed by atoms with Gasteiger partial charge in [0.1, 0.15) is 6.61 Å². The van der Waals surface area contributed by atoms with Crippen molar-refractivity contribution in [1.82, 2.24) is 14.9 Å². The third-order valence-corrected chi connectivity index (χ3v) is 4.34. The van der Waals surface area contributed by atoms with Crippen molar-refractivity contribution in [1.29, 1.82) is 0 Å². The molecule has 2 heterocycles. The Hall–Kier alpha value is -3.36. The van der Waals surface area contributed by atoms with Crippen LogP contribution in [0.4, 0.5) is 4.79 Å². The van der Waals surface area contributed by atoms with Gasteiger partial charge in [-0.25, -0.2) is 9.69 Å². The van der Waals surface area contributed by atoms with Gasteiger partial charge in [0.2, 0.25) is 12.5 Å². The van der Waals surface area contributed by atoms with Crippen LogP contribution in [0.15, 0.2) is 48.9 Å². The van der Waals surface area contributed by atoms with Crippen LogP contribution in [0.3, 0.4) is 0 Å². The molecule has 140 valence electrons. The summed E-state index contributed by atoms with van der Waals surface area (Å²) in [6.45, 7) is -0.374. The molecule has 27 heavy (non-hydrogen) atoms. The molecule has 0 N–H and O–H groups in total. The normalized spacial score (nSPS) is 17.4. The van der Waals surface area contributed by atoms with Crippen molar-refractivity contribution < 1.29 is 19.2 Å². The number of amides is 2. The van der Waals surface area contributed by atoms with Crippen LogP contribution in [-0.2, 0) is 16.0 Å². The Kier molecular flexibility index (Phi) is 5.70. The Bertz CT molecular complexity index is 815.